The Hall–Kier alpha value is -1.02. The minimum atomic E-state index is 0.365. The van der Waals surface area contributed by atoms with Gasteiger partial charge in [0.2, 0.25) is 0 Å². The third-order valence-corrected chi connectivity index (χ3v) is 2.56. The first-order valence-corrected chi connectivity index (χ1v) is 4.73. The van der Waals surface area contributed by atoms with Crippen molar-refractivity contribution in [1.82, 2.24) is 0 Å². The first-order chi connectivity index (χ1) is 6.36. The second-order valence-electron chi connectivity index (χ2n) is 3.48. The van der Waals surface area contributed by atoms with Crippen LogP contribution >= 0.6 is 0 Å². The summed E-state index contributed by atoms with van der Waals surface area (Å²) in [6, 6.07) is 7.55. The van der Waals surface area contributed by atoms with Crippen LogP contribution in [0, 0.1) is 0 Å². The molecule has 1 aromatic carbocycles. The van der Waals surface area contributed by atoms with Gasteiger partial charge in [-0.05, 0) is 36.5 Å². The molecule has 2 nitrogen and oxygen atoms in total. The molecule has 2 heteroatoms. The molecule has 2 rings (SSSR count). The number of benzene rings is 1. The second-order valence-corrected chi connectivity index (χ2v) is 3.48. The summed E-state index contributed by atoms with van der Waals surface area (Å²) in [4.78, 5) is 0. The Morgan fingerprint density at radius 1 is 1.23 bits per heavy atom. The standard InChI is InChI=1S/C11H14O2/c12-11-3-1-2-10(8-11)9-4-6-13-7-5-9/h1-3,8-9,12H,4-7H2. The van der Waals surface area contributed by atoms with Crippen LogP contribution in [0.5, 0.6) is 5.75 Å². The SMILES string of the molecule is Oc1cccc(C2CCOCC2)c1. The normalized spacial score (nSPS) is 18.8. The number of phenolic OH excluding ortho intramolecular Hbond substituents is 1. The van der Waals surface area contributed by atoms with Gasteiger partial charge in [-0.1, -0.05) is 12.1 Å². The molecule has 1 aromatic rings. The van der Waals surface area contributed by atoms with Gasteiger partial charge in [-0.2, -0.15) is 0 Å². The lowest BCUT2D eigenvalue weighted by molar-refractivity contribution is 0.0853. The third kappa shape index (κ3) is 2.01. The lowest BCUT2D eigenvalue weighted by atomic mass is 9.92. The van der Waals surface area contributed by atoms with Crippen LogP contribution in [0.4, 0.5) is 0 Å². The monoisotopic (exact) mass is 178 g/mol. The van der Waals surface area contributed by atoms with Crippen LogP contribution in [-0.4, -0.2) is 18.3 Å². The number of hydrogen-bond acceptors (Lipinski definition) is 2. The van der Waals surface area contributed by atoms with Gasteiger partial charge in [0, 0.05) is 13.2 Å². The van der Waals surface area contributed by atoms with Crippen molar-refractivity contribution in [2.45, 2.75) is 18.8 Å². The van der Waals surface area contributed by atoms with Crippen molar-refractivity contribution < 1.29 is 9.84 Å². The van der Waals surface area contributed by atoms with Crippen molar-refractivity contribution in [3.63, 3.8) is 0 Å². The maximum absolute atomic E-state index is 9.31. The van der Waals surface area contributed by atoms with E-state index in [2.05, 4.69) is 6.07 Å². The van der Waals surface area contributed by atoms with E-state index in [1.165, 1.54) is 5.56 Å². The topological polar surface area (TPSA) is 29.5 Å². The Morgan fingerprint density at radius 3 is 2.69 bits per heavy atom. The summed E-state index contributed by atoms with van der Waals surface area (Å²) in [7, 11) is 0. The predicted octanol–water partition coefficient (Wildman–Crippen LogP) is 2.29. The number of ether oxygens (including phenoxy) is 1. The quantitative estimate of drug-likeness (QED) is 0.715. The predicted molar refractivity (Wildman–Crippen MR) is 50.9 cm³/mol. The largest absolute Gasteiger partial charge is 0.508 e. The van der Waals surface area contributed by atoms with Crippen LogP contribution in [0.3, 0.4) is 0 Å². The molecule has 0 spiro atoms. The van der Waals surface area contributed by atoms with E-state index in [4.69, 9.17) is 4.74 Å². The molecule has 70 valence electrons. The lowest BCUT2D eigenvalue weighted by Gasteiger charge is -2.22. The smallest absolute Gasteiger partial charge is 0.115 e. The number of rotatable bonds is 1. The molecule has 0 atom stereocenters. The van der Waals surface area contributed by atoms with Gasteiger partial charge in [-0.25, -0.2) is 0 Å². The van der Waals surface area contributed by atoms with E-state index < -0.39 is 0 Å². The van der Waals surface area contributed by atoms with E-state index in [0.29, 0.717) is 11.7 Å². The van der Waals surface area contributed by atoms with E-state index in [9.17, 15) is 5.11 Å². The Balaban J connectivity index is 2.14. The first-order valence-electron chi connectivity index (χ1n) is 4.73. The molecule has 13 heavy (non-hydrogen) atoms. The number of hydrogen-bond donors (Lipinski definition) is 1. The molecule has 0 saturated carbocycles. The molecule has 0 radical (unpaired) electrons. The summed E-state index contributed by atoms with van der Waals surface area (Å²) in [6.07, 6.45) is 2.15. The van der Waals surface area contributed by atoms with Crippen molar-refractivity contribution in [2.75, 3.05) is 13.2 Å². The molecule has 0 bridgehead atoms. The molecule has 1 N–H and O–H groups in total. The van der Waals surface area contributed by atoms with Crippen LogP contribution in [0.2, 0.25) is 0 Å². The van der Waals surface area contributed by atoms with E-state index in [0.717, 1.165) is 26.1 Å². The van der Waals surface area contributed by atoms with E-state index >= 15 is 0 Å². The van der Waals surface area contributed by atoms with Gasteiger partial charge in [0.05, 0.1) is 0 Å². The Labute approximate surface area is 78.2 Å². The van der Waals surface area contributed by atoms with Gasteiger partial charge in [0.1, 0.15) is 5.75 Å². The molecule has 0 aromatic heterocycles. The van der Waals surface area contributed by atoms with Crippen molar-refractivity contribution >= 4 is 0 Å². The molecule has 0 amide bonds. The van der Waals surface area contributed by atoms with Gasteiger partial charge in [-0.15, -0.1) is 0 Å². The summed E-state index contributed by atoms with van der Waals surface area (Å²) < 4.78 is 5.29. The first kappa shape index (κ1) is 8.57. The molecular weight excluding hydrogens is 164 g/mol. The Morgan fingerprint density at radius 2 is 2.00 bits per heavy atom. The second kappa shape index (κ2) is 3.79. The van der Waals surface area contributed by atoms with Gasteiger partial charge < -0.3 is 9.84 Å². The molecule has 1 saturated heterocycles. The zero-order valence-corrected chi connectivity index (χ0v) is 7.57. The summed E-state index contributed by atoms with van der Waals surface area (Å²) in [5.74, 6) is 0.935. The molecule has 0 unspecified atom stereocenters. The third-order valence-electron chi connectivity index (χ3n) is 2.56. The van der Waals surface area contributed by atoms with Crippen molar-refractivity contribution in [3.05, 3.63) is 29.8 Å². The molecule has 1 aliphatic rings. The average molecular weight is 178 g/mol. The molecule has 0 aliphatic carbocycles. The lowest BCUT2D eigenvalue weighted by Crippen LogP contribution is -2.13. The zero-order chi connectivity index (χ0) is 9.10. The van der Waals surface area contributed by atoms with Crippen molar-refractivity contribution in [2.24, 2.45) is 0 Å². The Bertz CT molecular complexity index is 277. The summed E-state index contributed by atoms with van der Waals surface area (Å²) in [6.45, 7) is 1.70. The number of phenols is 1. The minimum absolute atomic E-state index is 0.365. The van der Waals surface area contributed by atoms with Gasteiger partial charge in [-0.3, -0.25) is 0 Å². The number of aromatic hydroxyl groups is 1. The fourth-order valence-corrected chi connectivity index (χ4v) is 1.81. The fraction of sp³-hybridized carbons (Fsp3) is 0.455. The average Bonchev–Trinajstić information content (AvgIpc) is 2.19. The maximum atomic E-state index is 9.31. The highest BCUT2D eigenvalue weighted by molar-refractivity contribution is 5.29. The molecule has 1 fully saturated rings. The van der Waals surface area contributed by atoms with Crippen LogP contribution in [-0.2, 0) is 4.74 Å². The van der Waals surface area contributed by atoms with Crippen LogP contribution in [0.15, 0.2) is 24.3 Å². The highest BCUT2D eigenvalue weighted by Gasteiger charge is 2.15. The highest BCUT2D eigenvalue weighted by Crippen LogP contribution is 2.28. The van der Waals surface area contributed by atoms with Crippen LogP contribution < -0.4 is 0 Å². The van der Waals surface area contributed by atoms with Crippen molar-refractivity contribution in [1.29, 1.82) is 0 Å². The van der Waals surface area contributed by atoms with E-state index in [1.54, 1.807) is 6.07 Å². The summed E-state index contributed by atoms with van der Waals surface area (Å²) in [5, 5.41) is 9.31. The minimum Gasteiger partial charge on any atom is -0.508 e. The fourth-order valence-electron chi connectivity index (χ4n) is 1.81. The Kier molecular flexibility index (Phi) is 2.50. The van der Waals surface area contributed by atoms with Crippen molar-refractivity contribution in [3.8, 4) is 5.75 Å². The molecular formula is C11H14O2. The summed E-state index contributed by atoms with van der Waals surface area (Å²) in [5.41, 5.74) is 1.24. The van der Waals surface area contributed by atoms with Gasteiger partial charge >= 0.3 is 0 Å². The highest BCUT2D eigenvalue weighted by atomic mass is 16.5. The van der Waals surface area contributed by atoms with Crippen LogP contribution in [0.25, 0.3) is 0 Å². The molecule has 1 heterocycles. The maximum Gasteiger partial charge on any atom is 0.115 e. The molecule has 1 aliphatic heterocycles. The summed E-state index contributed by atoms with van der Waals surface area (Å²) >= 11 is 0. The zero-order valence-electron chi connectivity index (χ0n) is 7.57. The van der Waals surface area contributed by atoms with E-state index in [1.807, 2.05) is 12.1 Å². The van der Waals surface area contributed by atoms with Crippen LogP contribution in [0.1, 0.15) is 24.3 Å². The van der Waals surface area contributed by atoms with Gasteiger partial charge in [0.15, 0.2) is 0 Å². The van der Waals surface area contributed by atoms with Gasteiger partial charge in [0.25, 0.3) is 0 Å². The van der Waals surface area contributed by atoms with E-state index in [-0.39, 0.29) is 0 Å².